The van der Waals surface area contributed by atoms with E-state index in [9.17, 15) is 0 Å². The fourth-order valence-electron chi connectivity index (χ4n) is 2.50. The highest BCUT2D eigenvalue weighted by Crippen LogP contribution is 2.35. The van der Waals surface area contributed by atoms with Gasteiger partial charge >= 0.3 is 6.01 Å². The van der Waals surface area contributed by atoms with Gasteiger partial charge in [-0.05, 0) is 24.3 Å². The Hall–Kier alpha value is -2.01. The summed E-state index contributed by atoms with van der Waals surface area (Å²) in [5.41, 5.74) is 3.26. The summed E-state index contributed by atoms with van der Waals surface area (Å²) in [6, 6.07) is 8.30. The predicted octanol–water partition coefficient (Wildman–Crippen LogP) is 2.60. The van der Waals surface area contributed by atoms with Gasteiger partial charge in [-0.3, -0.25) is 0 Å². The number of anilines is 2. The largest absolute Gasteiger partial charge is 0.467 e. The van der Waals surface area contributed by atoms with Gasteiger partial charge in [0.2, 0.25) is 0 Å². The first-order valence-electron chi connectivity index (χ1n) is 6.79. The van der Waals surface area contributed by atoms with Crippen molar-refractivity contribution in [3.63, 3.8) is 0 Å². The van der Waals surface area contributed by atoms with Crippen LogP contribution in [-0.4, -0.2) is 37.2 Å². The molecule has 0 aliphatic carbocycles. The van der Waals surface area contributed by atoms with Crippen LogP contribution in [0.4, 0.5) is 11.4 Å². The highest BCUT2D eigenvalue weighted by Gasteiger charge is 2.21. The molecule has 3 rings (SSSR count). The molecule has 0 radical (unpaired) electrons. The maximum absolute atomic E-state index is 6.11. The average Bonchev–Trinajstić information content (AvgIpc) is 2.50. The SMILES string of the molecule is COc1nccc(CN2CCN(C)c3cc(Cl)ccc32)n1. The van der Waals surface area contributed by atoms with Gasteiger partial charge in [0.15, 0.2) is 0 Å². The summed E-state index contributed by atoms with van der Waals surface area (Å²) in [6.45, 7) is 2.62. The van der Waals surface area contributed by atoms with E-state index in [0.29, 0.717) is 6.01 Å². The van der Waals surface area contributed by atoms with Crippen molar-refractivity contribution in [1.82, 2.24) is 9.97 Å². The minimum absolute atomic E-state index is 0.401. The average molecular weight is 305 g/mol. The molecule has 1 aliphatic heterocycles. The lowest BCUT2D eigenvalue weighted by molar-refractivity contribution is 0.378. The smallest absolute Gasteiger partial charge is 0.316 e. The minimum Gasteiger partial charge on any atom is -0.467 e. The normalized spacial score (nSPS) is 14.0. The van der Waals surface area contributed by atoms with Crippen LogP contribution in [-0.2, 0) is 6.54 Å². The Morgan fingerprint density at radius 2 is 2.10 bits per heavy atom. The van der Waals surface area contributed by atoms with E-state index < -0.39 is 0 Å². The molecule has 2 aromatic rings. The van der Waals surface area contributed by atoms with Gasteiger partial charge in [0.25, 0.3) is 0 Å². The topological polar surface area (TPSA) is 41.5 Å². The number of likely N-dealkylation sites (N-methyl/N-ethyl adjacent to an activating group) is 1. The van der Waals surface area contributed by atoms with Gasteiger partial charge in [-0.15, -0.1) is 0 Å². The lowest BCUT2D eigenvalue weighted by atomic mass is 10.1. The number of halogens is 1. The molecule has 6 heteroatoms. The first kappa shape index (κ1) is 13.9. The number of rotatable bonds is 3. The monoisotopic (exact) mass is 304 g/mol. The predicted molar refractivity (Wildman–Crippen MR) is 84.4 cm³/mol. The van der Waals surface area contributed by atoms with E-state index in [-0.39, 0.29) is 0 Å². The Bertz CT molecular complexity index is 649. The molecule has 0 spiro atoms. The van der Waals surface area contributed by atoms with E-state index >= 15 is 0 Å². The molecule has 1 aromatic heterocycles. The third-order valence-electron chi connectivity index (χ3n) is 3.62. The van der Waals surface area contributed by atoms with Crippen molar-refractivity contribution in [3.8, 4) is 6.01 Å². The molecule has 1 aromatic carbocycles. The summed E-state index contributed by atoms with van der Waals surface area (Å²) in [5.74, 6) is 0. The molecule has 0 N–H and O–H groups in total. The summed E-state index contributed by atoms with van der Waals surface area (Å²) in [4.78, 5) is 12.9. The fourth-order valence-corrected chi connectivity index (χ4v) is 2.67. The number of hydrogen-bond donors (Lipinski definition) is 0. The summed E-state index contributed by atoms with van der Waals surface area (Å²) in [6.07, 6.45) is 1.72. The second-order valence-corrected chi connectivity index (χ2v) is 5.45. The molecule has 110 valence electrons. The van der Waals surface area contributed by atoms with Crippen molar-refractivity contribution in [2.75, 3.05) is 37.0 Å². The molecule has 0 unspecified atom stereocenters. The maximum Gasteiger partial charge on any atom is 0.316 e. The molecule has 0 saturated heterocycles. The zero-order valence-electron chi connectivity index (χ0n) is 12.1. The van der Waals surface area contributed by atoms with Gasteiger partial charge in [-0.1, -0.05) is 11.6 Å². The minimum atomic E-state index is 0.401. The number of methoxy groups -OCH3 is 1. The number of hydrogen-bond acceptors (Lipinski definition) is 5. The molecular weight excluding hydrogens is 288 g/mol. The van der Waals surface area contributed by atoms with E-state index in [4.69, 9.17) is 16.3 Å². The van der Waals surface area contributed by atoms with Crippen LogP contribution in [0, 0.1) is 0 Å². The van der Waals surface area contributed by atoms with Gasteiger partial charge in [-0.2, -0.15) is 4.98 Å². The molecule has 5 nitrogen and oxygen atoms in total. The van der Waals surface area contributed by atoms with Gasteiger partial charge < -0.3 is 14.5 Å². The Morgan fingerprint density at radius 1 is 1.24 bits per heavy atom. The Kier molecular flexibility index (Phi) is 3.84. The lowest BCUT2D eigenvalue weighted by Crippen LogP contribution is -2.38. The first-order valence-corrected chi connectivity index (χ1v) is 7.17. The molecule has 2 heterocycles. The number of benzene rings is 1. The number of fused-ring (bicyclic) bond motifs is 1. The van der Waals surface area contributed by atoms with E-state index in [2.05, 4.69) is 32.9 Å². The van der Waals surface area contributed by atoms with Crippen molar-refractivity contribution in [1.29, 1.82) is 0 Å². The Balaban J connectivity index is 1.88. The molecule has 0 amide bonds. The summed E-state index contributed by atoms with van der Waals surface area (Å²) >= 11 is 6.11. The quantitative estimate of drug-likeness (QED) is 0.872. The zero-order chi connectivity index (χ0) is 14.8. The van der Waals surface area contributed by atoms with Crippen LogP contribution in [0.3, 0.4) is 0 Å². The van der Waals surface area contributed by atoms with E-state index in [1.807, 2.05) is 18.2 Å². The van der Waals surface area contributed by atoms with Crippen LogP contribution in [0.1, 0.15) is 5.69 Å². The maximum atomic E-state index is 6.11. The van der Waals surface area contributed by atoms with Crippen LogP contribution in [0.25, 0.3) is 0 Å². The summed E-state index contributed by atoms with van der Waals surface area (Å²) < 4.78 is 5.08. The van der Waals surface area contributed by atoms with Crippen LogP contribution < -0.4 is 14.5 Å². The molecule has 1 aliphatic rings. The standard InChI is InChI=1S/C15H17ClN4O/c1-19-7-8-20(13-4-3-11(16)9-14(13)19)10-12-5-6-17-15(18-12)21-2/h3-6,9H,7-8,10H2,1-2H3. The Morgan fingerprint density at radius 3 is 2.90 bits per heavy atom. The van der Waals surface area contributed by atoms with E-state index in [1.54, 1.807) is 13.3 Å². The van der Waals surface area contributed by atoms with Crippen molar-refractivity contribution in [3.05, 3.63) is 41.2 Å². The van der Waals surface area contributed by atoms with Crippen molar-refractivity contribution in [2.45, 2.75) is 6.54 Å². The van der Waals surface area contributed by atoms with Gasteiger partial charge in [0.1, 0.15) is 0 Å². The van der Waals surface area contributed by atoms with Gasteiger partial charge in [0, 0.05) is 31.4 Å². The van der Waals surface area contributed by atoms with Crippen molar-refractivity contribution in [2.24, 2.45) is 0 Å². The number of ether oxygens (including phenoxy) is 1. The Labute approximate surface area is 129 Å². The van der Waals surface area contributed by atoms with Crippen molar-refractivity contribution >= 4 is 23.0 Å². The van der Waals surface area contributed by atoms with E-state index in [0.717, 1.165) is 36.0 Å². The highest BCUT2D eigenvalue weighted by molar-refractivity contribution is 6.31. The number of nitrogens with zero attached hydrogens (tertiary/aromatic N) is 4. The third-order valence-corrected chi connectivity index (χ3v) is 3.86. The van der Waals surface area contributed by atoms with Gasteiger partial charge in [-0.25, -0.2) is 4.98 Å². The second-order valence-electron chi connectivity index (χ2n) is 5.01. The van der Waals surface area contributed by atoms with Crippen LogP contribution >= 0.6 is 11.6 Å². The third kappa shape index (κ3) is 2.88. The van der Waals surface area contributed by atoms with Gasteiger partial charge in [0.05, 0.1) is 30.7 Å². The lowest BCUT2D eigenvalue weighted by Gasteiger charge is -2.37. The van der Waals surface area contributed by atoms with Crippen LogP contribution in [0.15, 0.2) is 30.5 Å². The van der Waals surface area contributed by atoms with Crippen molar-refractivity contribution < 1.29 is 4.74 Å². The molecular formula is C15H17ClN4O. The van der Waals surface area contributed by atoms with Crippen LogP contribution in [0.5, 0.6) is 6.01 Å². The summed E-state index contributed by atoms with van der Waals surface area (Å²) in [5, 5.41) is 0.756. The molecule has 21 heavy (non-hydrogen) atoms. The highest BCUT2D eigenvalue weighted by atomic mass is 35.5. The zero-order valence-corrected chi connectivity index (χ0v) is 12.8. The molecule has 0 saturated carbocycles. The van der Waals surface area contributed by atoms with E-state index in [1.165, 1.54) is 5.69 Å². The molecule has 0 fully saturated rings. The fraction of sp³-hybridized carbons (Fsp3) is 0.333. The first-order chi connectivity index (χ1) is 10.2. The molecule has 0 bridgehead atoms. The molecule has 0 atom stereocenters. The van der Waals surface area contributed by atoms with Crippen LogP contribution in [0.2, 0.25) is 5.02 Å². The second kappa shape index (κ2) is 5.77. The number of aromatic nitrogens is 2. The summed E-state index contributed by atoms with van der Waals surface area (Å²) in [7, 11) is 3.66.